The zero-order valence-electron chi connectivity index (χ0n) is 21.5. The Hall–Kier alpha value is -2.65. The minimum atomic E-state index is -0.0820. The van der Waals surface area contributed by atoms with Gasteiger partial charge in [-0.3, -0.25) is 4.98 Å². The Morgan fingerprint density at radius 2 is 1.88 bits per heavy atom. The van der Waals surface area contributed by atoms with Gasteiger partial charge in [-0.15, -0.1) is 0 Å². The molecule has 2 heterocycles. The number of nitrogens with zero attached hydrogens (tertiary/aromatic N) is 1. The fraction of sp³-hybridized carbons (Fsp3) is 0.433. The smallest absolute Gasteiger partial charge is 0.0758 e. The van der Waals surface area contributed by atoms with Crippen LogP contribution in [0.5, 0.6) is 0 Å². The maximum atomic E-state index is 5.23. The van der Waals surface area contributed by atoms with Crippen molar-refractivity contribution in [2.75, 3.05) is 5.32 Å². The van der Waals surface area contributed by atoms with E-state index in [1.807, 2.05) is 6.08 Å². The van der Waals surface area contributed by atoms with Crippen molar-refractivity contribution in [3.63, 3.8) is 0 Å². The maximum Gasteiger partial charge on any atom is 0.0758 e. The Kier molecular flexibility index (Phi) is 7.97. The van der Waals surface area contributed by atoms with Gasteiger partial charge in [-0.05, 0) is 82.2 Å². The number of allylic oxidation sites excluding steroid dienone is 3. The molecule has 176 valence electrons. The molecule has 0 bridgehead atoms. The van der Waals surface area contributed by atoms with Crippen molar-refractivity contribution in [3.05, 3.63) is 83.6 Å². The zero-order valence-corrected chi connectivity index (χ0v) is 21.5. The van der Waals surface area contributed by atoms with Crippen LogP contribution >= 0.6 is 0 Å². The largest absolute Gasteiger partial charge is 0.382 e. The third-order valence-electron chi connectivity index (χ3n) is 6.14. The van der Waals surface area contributed by atoms with E-state index in [0.717, 1.165) is 17.8 Å². The van der Waals surface area contributed by atoms with E-state index >= 15 is 0 Å². The van der Waals surface area contributed by atoms with E-state index in [4.69, 9.17) is 4.98 Å². The molecule has 2 atom stereocenters. The molecule has 3 heteroatoms. The molecule has 0 radical (unpaired) electrons. The number of para-hydroxylation sites is 1. The molecule has 0 amide bonds. The molecule has 0 saturated heterocycles. The predicted molar refractivity (Wildman–Crippen MR) is 144 cm³/mol. The van der Waals surface area contributed by atoms with E-state index < -0.39 is 0 Å². The summed E-state index contributed by atoms with van der Waals surface area (Å²) in [7, 11) is 0. The number of rotatable bonds is 7. The van der Waals surface area contributed by atoms with E-state index in [-0.39, 0.29) is 11.6 Å². The fourth-order valence-electron chi connectivity index (χ4n) is 4.61. The van der Waals surface area contributed by atoms with Crippen molar-refractivity contribution in [2.45, 2.75) is 78.9 Å². The third-order valence-corrected chi connectivity index (χ3v) is 6.14. The predicted octanol–water partition coefficient (Wildman–Crippen LogP) is 7.64. The zero-order chi connectivity index (χ0) is 24.2. The lowest BCUT2D eigenvalue weighted by Crippen LogP contribution is -2.40. The molecule has 2 aromatic rings. The molecule has 2 N–H and O–H groups in total. The van der Waals surface area contributed by atoms with Crippen molar-refractivity contribution < 1.29 is 0 Å². The summed E-state index contributed by atoms with van der Waals surface area (Å²) in [5.41, 5.74) is 8.22. The summed E-state index contributed by atoms with van der Waals surface area (Å²) in [5, 5.41) is 7.55. The Balaban J connectivity index is 2.17. The normalized spacial score (nSPS) is 18.0. The molecule has 1 aliphatic heterocycles. The summed E-state index contributed by atoms with van der Waals surface area (Å²) in [6, 6.07) is 13.4. The van der Waals surface area contributed by atoms with Gasteiger partial charge in [-0.25, -0.2) is 0 Å². The van der Waals surface area contributed by atoms with Crippen LogP contribution in [0.3, 0.4) is 0 Å². The number of hydrogen-bond acceptors (Lipinski definition) is 3. The lowest BCUT2D eigenvalue weighted by molar-refractivity contribution is 0.385. The van der Waals surface area contributed by atoms with Crippen LogP contribution in [0.15, 0.2) is 72.4 Å². The summed E-state index contributed by atoms with van der Waals surface area (Å²) < 4.78 is 0. The van der Waals surface area contributed by atoms with Crippen LogP contribution in [0.25, 0.3) is 11.3 Å². The molecule has 0 aliphatic carbocycles. The molecule has 3 rings (SSSR count). The third kappa shape index (κ3) is 6.03. The molecule has 33 heavy (non-hydrogen) atoms. The van der Waals surface area contributed by atoms with E-state index in [0.29, 0.717) is 12.0 Å². The quantitative estimate of drug-likeness (QED) is 0.432. The minimum Gasteiger partial charge on any atom is -0.382 e. The number of hydrogen-bond donors (Lipinski definition) is 2. The maximum absolute atomic E-state index is 5.23. The standard InChI is InChI=1S/C30H41N3/c1-9-13-24(23(10-2)20(3)4)29(33-30(6,7)8)27-17-12-16-26(32-27)25-15-11-14-22-19-18-21(5)31-28(22)25/h9-17,20-21,29,31,33H,2,18-19H2,1,3-8H3/b13-9-,24-23-. The van der Waals surface area contributed by atoms with Crippen molar-refractivity contribution in [2.24, 2.45) is 5.92 Å². The number of nitrogens with one attached hydrogen (secondary N) is 2. The SMILES string of the molecule is C=C/C(=C(\C=C/C)C(NC(C)(C)C)c1cccc(-c2cccc3c2NC(C)CC3)n1)C(C)C. The Morgan fingerprint density at radius 1 is 1.15 bits per heavy atom. The molecule has 0 fully saturated rings. The van der Waals surface area contributed by atoms with Gasteiger partial charge in [-0.2, -0.15) is 0 Å². The molecule has 3 nitrogen and oxygen atoms in total. The van der Waals surface area contributed by atoms with Gasteiger partial charge in [0.05, 0.1) is 17.4 Å². The van der Waals surface area contributed by atoms with E-state index in [1.54, 1.807) is 0 Å². The first kappa shape index (κ1) is 25.0. The first-order chi connectivity index (χ1) is 15.6. The fourth-order valence-corrected chi connectivity index (χ4v) is 4.61. The van der Waals surface area contributed by atoms with Gasteiger partial charge in [0.1, 0.15) is 0 Å². The van der Waals surface area contributed by atoms with Crippen LogP contribution in [0, 0.1) is 5.92 Å². The minimum absolute atomic E-state index is 0.0389. The summed E-state index contributed by atoms with van der Waals surface area (Å²) in [6.45, 7) is 19.5. The topological polar surface area (TPSA) is 37.0 Å². The number of pyridine rings is 1. The molecular weight excluding hydrogens is 402 g/mol. The van der Waals surface area contributed by atoms with Crippen LogP contribution in [-0.4, -0.2) is 16.6 Å². The highest BCUT2D eigenvalue weighted by Crippen LogP contribution is 2.36. The number of benzene rings is 1. The highest BCUT2D eigenvalue weighted by Gasteiger charge is 2.26. The summed E-state index contributed by atoms with van der Waals surface area (Å²) in [4.78, 5) is 5.23. The molecular formula is C30H41N3. The lowest BCUT2D eigenvalue weighted by Gasteiger charge is -2.31. The van der Waals surface area contributed by atoms with Gasteiger partial charge in [0.25, 0.3) is 0 Å². The first-order valence-electron chi connectivity index (χ1n) is 12.3. The van der Waals surface area contributed by atoms with Crippen molar-refractivity contribution in [3.8, 4) is 11.3 Å². The average molecular weight is 444 g/mol. The Labute approximate surface area is 201 Å². The van der Waals surface area contributed by atoms with Gasteiger partial charge >= 0.3 is 0 Å². The second-order valence-corrected chi connectivity index (χ2v) is 10.5. The second-order valence-electron chi connectivity index (χ2n) is 10.5. The van der Waals surface area contributed by atoms with Crippen LogP contribution in [0.1, 0.15) is 72.2 Å². The summed E-state index contributed by atoms with van der Waals surface area (Å²) >= 11 is 0. The van der Waals surface area contributed by atoms with Crippen molar-refractivity contribution in [1.82, 2.24) is 10.3 Å². The summed E-state index contributed by atoms with van der Waals surface area (Å²) in [5.74, 6) is 0.369. The van der Waals surface area contributed by atoms with Gasteiger partial charge in [0.2, 0.25) is 0 Å². The molecule has 0 spiro atoms. The van der Waals surface area contributed by atoms with E-state index in [9.17, 15) is 0 Å². The highest BCUT2D eigenvalue weighted by atomic mass is 15.0. The van der Waals surface area contributed by atoms with Gasteiger partial charge in [0.15, 0.2) is 0 Å². The monoisotopic (exact) mass is 443 g/mol. The lowest BCUT2D eigenvalue weighted by atomic mass is 9.89. The molecule has 1 aliphatic rings. The molecule has 2 unspecified atom stereocenters. The van der Waals surface area contributed by atoms with Gasteiger partial charge < -0.3 is 10.6 Å². The van der Waals surface area contributed by atoms with Gasteiger partial charge in [-0.1, -0.05) is 62.9 Å². The van der Waals surface area contributed by atoms with Crippen molar-refractivity contribution in [1.29, 1.82) is 0 Å². The number of aryl methyl sites for hydroxylation is 1. The Morgan fingerprint density at radius 3 is 2.52 bits per heavy atom. The van der Waals surface area contributed by atoms with Crippen LogP contribution in [0.4, 0.5) is 5.69 Å². The number of fused-ring (bicyclic) bond motifs is 1. The van der Waals surface area contributed by atoms with E-state index in [1.165, 1.54) is 34.4 Å². The molecule has 1 aromatic heterocycles. The molecule has 0 saturated carbocycles. The summed E-state index contributed by atoms with van der Waals surface area (Å²) in [6.07, 6.45) is 8.60. The van der Waals surface area contributed by atoms with Crippen LogP contribution < -0.4 is 10.6 Å². The second kappa shape index (κ2) is 10.5. The van der Waals surface area contributed by atoms with E-state index in [2.05, 4.69) is 114 Å². The highest BCUT2D eigenvalue weighted by molar-refractivity contribution is 5.79. The van der Waals surface area contributed by atoms with Gasteiger partial charge in [0, 0.05) is 22.8 Å². The van der Waals surface area contributed by atoms with Crippen LogP contribution in [0.2, 0.25) is 0 Å². The number of aromatic nitrogens is 1. The average Bonchev–Trinajstić information content (AvgIpc) is 2.76. The number of anilines is 1. The van der Waals surface area contributed by atoms with Crippen molar-refractivity contribution >= 4 is 5.69 Å². The first-order valence-corrected chi connectivity index (χ1v) is 12.3. The van der Waals surface area contributed by atoms with Crippen LogP contribution in [-0.2, 0) is 6.42 Å². The molecule has 1 aromatic carbocycles. The Bertz CT molecular complexity index is 1040.